The van der Waals surface area contributed by atoms with E-state index >= 15 is 0 Å². The summed E-state index contributed by atoms with van der Waals surface area (Å²) in [4.78, 5) is 39.0. The topological polar surface area (TPSA) is 93.7 Å². The zero-order chi connectivity index (χ0) is 26.5. The van der Waals surface area contributed by atoms with Gasteiger partial charge in [-0.05, 0) is 61.8 Å². The number of methoxy groups -OCH3 is 1. The van der Waals surface area contributed by atoms with Gasteiger partial charge in [-0.2, -0.15) is 0 Å². The minimum absolute atomic E-state index is 0.158. The highest BCUT2D eigenvalue weighted by Crippen LogP contribution is 2.32. The van der Waals surface area contributed by atoms with Crippen molar-refractivity contribution in [3.8, 4) is 0 Å². The lowest BCUT2D eigenvalue weighted by Crippen LogP contribution is -2.62. The number of hydrogen-bond donors (Lipinski definition) is 2. The summed E-state index contributed by atoms with van der Waals surface area (Å²) >= 11 is 0. The number of fused-ring (bicyclic) bond motifs is 1. The quantitative estimate of drug-likeness (QED) is 0.533. The standard InChI is InChI=1S/C29H38N2O5/c1-19(2)14-24(25(32)35-6)30-26(33)29(31-27(34)36-28(3,4)5)17-22-13-12-21(16-23(22)18-29)15-20-10-8-7-9-11-20/h7-13,16,19,24H,14-15,17-18H2,1-6H3,(H,30,33)(H,31,34). The molecule has 1 aliphatic carbocycles. The number of carbonyl (C=O) groups is 3. The summed E-state index contributed by atoms with van der Waals surface area (Å²) in [5.74, 6) is -0.777. The fraction of sp³-hybridized carbons (Fsp3) is 0.483. The minimum atomic E-state index is -1.28. The van der Waals surface area contributed by atoms with E-state index < -0.39 is 35.2 Å². The maximum Gasteiger partial charge on any atom is 0.408 e. The van der Waals surface area contributed by atoms with Crippen molar-refractivity contribution in [2.24, 2.45) is 5.92 Å². The molecule has 2 aromatic rings. The average Bonchev–Trinajstić information content (AvgIpc) is 3.15. The monoisotopic (exact) mass is 494 g/mol. The van der Waals surface area contributed by atoms with Crippen LogP contribution in [0.15, 0.2) is 48.5 Å². The molecule has 194 valence electrons. The maximum absolute atomic E-state index is 13.7. The van der Waals surface area contributed by atoms with Crippen LogP contribution >= 0.6 is 0 Å². The van der Waals surface area contributed by atoms with Crippen LogP contribution in [0.4, 0.5) is 4.79 Å². The molecule has 0 aromatic heterocycles. The Labute approximate surface area is 213 Å². The van der Waals surface area contributed by atoms with Gasteiger partial charge in [0.25, 0.3) is 0 Å². The Balaban J connectivity index is 1.89. The first-order valence-electron chi connectivity index (χ1n) is 12.5. The van der Waals surface area contributed by atoms with Crippen LogP contribution in [0.3, 0.4) is 0 Å². The maximum atomic E-state index is 13.7. The number of nitrogens with one attached hydrogen (secondary N) is 2. The molecule has 2 atom stereocenters. The Morgan fingerprint density at radius 3 is 2.25 bits per heavy atom. The highest BCUT2D eigenvalue weighted by molar-refractivity contribution is 5.94. The van der Waals surface area contributed by atoms with E-state index in [9.17, 15) is 14.4 Å². The smallest absolute Gasteiger partial charge is 0.408 e. The van der Waals surface area contributed by atoms with Gasteiger partial charge >= 0.3 is 12.1 Å². The Morgan fingerprint density at radius 2 is 1.64 bits per heavy atom. The number of amides is 2. The molecule has 0 saturated carbocycles. The molecule has 0 aliphatic heterocycles. The van der Waals surface area contributed by atoms with Crippen LogP contribution < -0.4 is 10.6 Å². The summed E-state index contributed by atoms with van der Waals surface area (Å²) in [5, 5.41) is 5.71. The van der Waals surface area contributed by atoms with Crippen LogP contribution in [0.1, 0.15) is 63.3 Å². The largest absolute Gasteiger partial charge is 0.467 e. The number of hydrogen-bond acceptors (Lipinski definition) is 5. The first-order chi connectivity index (χ1) is 16.9. The fourth-order valence-corrected chi connectivity index (χ4v) is 4.60. The summed E-state index contributed by atoms with van der Waals surface area (Å²) in [6.07, 6.45) is 1.12. The summed E-state index contributed by atoms with van der Waals surface area (Å²) in [6.45, 7) is 9.25. The van der Waals surface area contributed by atoms with E-state index in [-0.39, 0.29) is 5.92 Å². The molecule has 0 fully saturated rings. The van der Waals surface area contributed by atoms with Crippen LogP contribution in [0.2, 0.25) is 0 Å². The van der Waals surface area contributed by atoms with E-state index in [0.717, 1.165) is 23.1 Å². The normalized spacial score (nSPS) is 17.8. The SMILES string of the molecule is COC(=O)C(CC(C)C)NC(=O)C1(NC(=O)OC(C)(C)C)Cc2ccc(Cc3ccccc3)cc2C1. The van der Waals surface area contributed by atoms with E-state index in [1.165, 1.54) is 12.7 Å². The first-order valence-corrected chi connectivity index (χ1v) is 12.5. The van der Waals surface area contributed by atoms with Gasteiger partial charge in [0.2, 0.25) is 5.91 Å². The van der Waals surface area contributed by atoms with Crippen LogP contribution in [-0.4, -0.2) is 42.3 Å². The third kappa shape index (κ3) is 7.09. The van der Waals surface area contributed by atoms with Gasteiger partial charge in [-0.1, -0.05) is 62.4 Å². The number of esters is 1. The predicted molar refractivity (Wildman–Crippen MR) is 139 cm³/mol. The second kappa shape index (κ2) is 11.1. The van der Waals surface area contributed by atoms with Crippen LogP contribution in [-0.2, 0) is 38.3 Å². The highest BCUT2D eigenvalue weighted by atomic mass is 16.6. The summed E-state index contributed by atoms with van der Waals surface area (Å²) < 4.78 is 10.4. The van der Waals surface area contributed by atoms with Crippen molar-refractivity contribution in [1.82, 2.24) is 10.6 Å². The Morgan fingerprint density at radius 1 is 0.972 bits per heavy atom. The van der Waals surface area contributed by atoms with Gasteiger partial charge in [-0.3, -0.25) is 4.79 Å². The van der Waals surface area contributed by atoms with Crippen molar-refractivity contribution in [2.75, 3.05) is 7.11 Å². The van der Waals surface area contributed by atoms with Gasteiger partial charge in [0.05, 0.1) is 7.11 Å². The number of ether oxygens (including phenoxy) is 2. The van der Waals surface area contributed by atoms with Crippen molar-refractivity contribution in [3.05, 3.63) is 70.8 Å². The predicted octanol–water partition coefficient (Wildman–Crippen LogP) is 4.34. The molecule has 7 heteroatoms. The van der Waals surface area contributed by atoms with E-state index in [4.69, 9.17) is 9.47 Å². The molecular formula is C29H38N2O5. The molecule has 1 aliphatic rings. The second-order valence-electron chi connectivity index (χ2n) is 11.0. The van der Waals surface area contributed by atoms with Gasteiger partial charge in [0.1, 0.15) is 17.2 Å². The van der Waals surface area contributed by atoms with Crippen LogP contribution in [0, 0.1) is 5.92 Å². The number of carbonyl (C=O) groups excluding carboxylic acids is 3. The molecule has 36 heavy (non-hydrogen) atoms. The van der Waals surface area contributed by atoms with Crippen molar-refractivity contribution in [1.29, 1.82) is 0 Å². The average molecular weight is 495 g/mol. The molecule has 2 unspecified atom stereocenters. The van der Waals surface area contributed by atoms with Gasteiger partial charge < -0.3 is 20.1 Å². The van der Waals surface area contributed by atoms with E-state index in [1.807, 2.05) is 38.1 Å². The van der Waals surface area contributed by atoms with E-state index in [0.29, 0.717) is 19.3 Å². The molecular weight excluding hydrogens is 456 g/mol. The van der Waals surface area contributed by atoms with Gasteiger partial charge in [-0.25, -0.2) is 9.59 Å². The fourth-order valence-electron chi connectivity index (χ4n) is 4.60. The Kier molecular flexibility index (Phi) is 8.43. The molecule has 0 heterocycles. The summed E-state index contributed by atoms with van der Waals surface area (Å²) in [5.41, 5.74) is 2.30. The zero-order valence-corrected chi connectivity index (χ0v) is 22.1. The molecule has 0 spiro atoms. The van der Waals surface area contributed by atoms with E-state index in [1.54, 1.807) is 20.8 Å². The number of rotatable bonds is 8. The van der Waals surface area contributed by atoms with Crippen molar-refractivity contribution in [3.63, 3.8) is 0 Å². The van der Waals surface area contributed by atoms with E-state index in [2.05, 4.69) is 34.9 Å². The van der Waals surface area contributed by atoms with Gasteiger partial charge in [-0.15, -0.1) is 0 Å². The van der Waals surface area contributed by atoms with Gasteiger partial charge in [0, 0.05) is 12.8 Å². The second-order valence-corrected chi connectivity index (χ2v) is 11.0. The minimum Gasteiger partial charge on any atom is -0.467 e. The molecule has 2 amide bonds. The van der Waals surface area contributed by atoms with Crippen LogP contribution in [0.25, 0.3) is 0 Å². The molecule has 0 saturated heterocycles. The molecule has 2 aromatic carbocycles. The lowest BCUT2D eigenvalue weighted by molar-refractivity contribution is -0.146. The first kappa shape index (κ1) is 27.2. The number of alkyl carbamates (subject to hydrolysis) is 1. The summed E-state index contributed by atoms with van der Waals surface area (Å²) in [7, 11) is 1.30. The Hall–Kier alpha value is -3.35. The molecule has 0 bridgehead atoms. The van der Waals surface area contributed by atoms with Crippen molar-refractivity contribution in [2.45, 2.75) is 77.5 Å². The molecule has 7 nitrogen and oxygen atoms in total. The molecule has 3 rings (SSSR count). The van der Waals surface area contributed by atoms with Gasteiger partial charge in [0.15, 0.2) is 0 Å². The zero-order valence-electron chi connectivity index (χ0n) is 22.1. The molecule has 0 radical (unpaired) electrons. The highest BCUT2D eigenvalue weighted by Gasteiger charge is 2.47. The third-order valence-electron chi connectivity index (χ3n) is 6.18. The van der Waals surface area contributed by atoms with Crippen molar-refractivity contribution < 1.29 is 23.9 Å². The lowest BCUT2D eigenvalue weighted by atomic mass is 9.93. The third-order valence-corrected chi connectivity index (χ3v) is 6.18. The number of benzene rings is 2. The molecule has 2 N–H and O–H groups in total. The van der Waals surface area contributed by atoms with Crippen LogP contribution in [0.5, 0.6) is 0 Å². The summed E-state index contributed by atoms with van der Waals surface area (Å²) in [6, 6.07) is 15.5. The van der Waals surface area contributed by atoms with Crippen molar-refractivity contribution >= 4 is 18.0 Å². The Bertz CT molecular complexity index is 1090. The lowest BCUT2D eigenvalue weighted by Gasteiger charge is -2.32.